The third-order valence-corrected chi connectivity index (χ3v) is 1.60. The third kappa shape index (κ3) is 4.63. The van der Waals surface area contributed by atoms with Crippen LogP contribution in [-0.2, 0) is 0 Å². The number of alkyl halides is 3. The van der Waals surface area contributed by atoms with E-state index >= 15 is 0 Å². The highest BCUT2D eigenvalue weighted by molar-refractivity contribution is 5.39. The Morgan fingerprint density at radius 2 is 2.11 bits per heavy atom. The van der Waals surface area contributed by atoms with Gasteiger partial charge in [-0.05, 0) is 23.7 Å². The minimum Gasteiger partial charge on any atom is -0.403 e. The van der Waals surface area contributed by atoms with E-state index in [1.807, 2.05) is 0 Å². The summed E-state index contributed by atoms with van der Waals surface area (Å²) in [6.45, 7) is -0.112. The molecule has 0 atom stereocenters. The smallest absolute Gasteiger partial charge is 0.403 e. The van der Waals surface area contributed by atoms with Crippen LogP contribution < -0.4 is 4.74 Å². The van der Waals surface area contributed by atoms with Crippen LogP contribution in [0.4, 0.5) is 17.6 Å². The normalized spacial score (nSPS) is 10.0. The van der Waals surface area contributed by atoms with Gasteiger partial charge in [0.15, 0.2) is 11.6 Å². The van der Waals surface area contributed by atoms with E-state index in [1.165, 1.54) is 0 Å². The molecule has 0 N–H and O–H groups in total. The van der Waals surface area contributed by atoms with E-state index in [0.29, 0.717) is 0 Å². The highest BCUT2D eigenvalue weighted by Gasteiger charge is 2.32. The van der Waals surface area contributed by atoms with Crippen molar-refractivity contribution in [1.29, 1.82) is 0 Å². The number of rotatable bonds is 2. The van der Waals surface area contributed by atoms with Crippen molar-refractivity contribution in [2.75, 3.05) is 6.54 Å². The first-order chi connectivity index (χ1) is 8.42. The zero-order valence-electron chi connectivity index (χ0n) is 8.70. The summed E-state index contributed by atoms with van der Waals surface area (Å²) in [6, 6.07) is 2.78. The van der Waals surface area contributed by atoms with E-state index in [9.17, 15) is 17.6 Å². The fraction of sp³-hybridized carbons (Fsp3) is 0.200. The maximum atomic E-state index is 13.2. The van der Waals surface area contributed by atoms with Gasteiger partial charge in [0, 0.05) is 10.5 Å². The van der Waals surface area contributed by atoms with Gasteiger partial charge in [-0.2, -0.15) is 0 Å². The van der Waals surface area contributed by atoms with Gasteiger partial charge in [0.1, 0.15) is 0 Å². The van der Waals surface area contributed by atoms with E-state index in [2.05, 4.69) is 26.6 Å². The van der Waals surface area contributed by atoms with Gasteiger partial charge in [0.2, 0.25) is 0 Å². The molecule has 1 aromatic carbocycles. The van der Waals surface area contributed by atoms with Crippen molar-refractivity contribution in [2.45, 2.75) is 6.36 Å². The monoisotopic (exact) mass is 259 g/mol. The minimum atomic E-state index is -4.95. The summed E-state index contributed by atoms with van der Waals surface area (Å²) in [5.41, 5.74) is 8.11. The Morgan fingerprint density at radius 1 is 1.39 bits per heavy atom. The van der Waals surface area contributed by atoms with Crippen LogP contribution in [-0.4, -0.2) is 12.9 Å². The summed E-state index contributed by atoms with van der Waals surface area (Å²) >= 11 is 0. The number of hydrogen-bond acceptors (Lipinski definition) is 2. The van der Waals surface area contributed by atoms with Crippen molar-refractivity contribution in [1.82, 2.24) is 0 Å². The quantitative estimate of drug-likeness (QED) is 0.264. The number of hydrogen-bond donors (Lipinski definition) is 0. The fourth-order valence-electron chi connectivity index (χ4n) is 0.995. The van der Waals surface area contributed by atoms with Gasteiger partial charge in [-0.3, -0.25) is 0 Å². The van der Waals surface area contributed by atoms with Crippen LogP contribution in [0.1, 0.15) is 5.56 Å². The molecular formula is C10H5F4N3O. The van der Waals surface area contributed by atoms with Gasteiger partial charge in [-0.15, -0.1) is 13.2 Å². The second-order valence-electron chi connectivity index (χ2n) is 2.88. The first kappa shape index (κ1) is 13.7. The van der Waals surface area contributed by atoms with Crippen LogP contribution in [0.5, 0.6) is 5.75 Å². The van der Waals surface area contributed by atoms with Crippen molar-refractivity contribution in [3.63, 3.8) is 0 Å². The molecule has 0 aliphatic carbocycles. The maximum Gasteiger partial charge on any atom is 0.573 e. The molecule has 0 aromatic heterocycles. The van der Waals surface area contributed by atoms with Gasteiger partial charge in [0.25, 0.3) is 0 Å². The Hall–Kier alpha value is -2.39. The SMILES string of the molecule is [N-]=[N+]=NCC#Cc1ccc(OC(F)(F)F)c(F)c1. The van der Waals surface area contributed by atoms with Crippen molar-refractivity contribution < 1.29 is 22.3 Å². The second kappa shape index (κ2) is 5.80. The van der Waals surface area contributed by atoms with Crippen molar-refractivity contribution in [2.24, 2.45) is 5.11 Å². The molecule has 0 unspecified atom stereocenters. The van der Waals surface area contributed by atoms with Crippen LogP contribution in [0.15, 0.2) is 23.3 Å². The average molecular weight is 259 g/mol. The predicted molar refractivity (Wildman–Crippen MR) is 54.0 cm³/mol. The Labute approximate surface area is 98.8 Å². The van der Waals surface area contributed by atoms with Crippen molar-refractivity contribution >= 4 is 0 Å². The zero-order valence-corrected chi connectivity index (χ0v) is 8.70. The summed E-state index contributed by atoms with van der Waals surface area (Å²) in [5.74, 6) is 2.71. The molecule has 1 aromatic rings. The van der Waals surface area contributed by atoms with Gasteiger partial charge < -0.3 is 4.74 Å². The second-order valence-corrected chi connectivity index (χ2v) is 2.88. The van der Waals surface area contributed by atoms with Crippen LogP contribution in [0.25, 0.3) is 10.4 Å². The zero-order chi connectivity index (χ0) is 13.6. The topological polar surface area (TPSA) is 58.0 Å². The van der Waals surface area contributed by atoms with Crippen molar-refractivity contribution in [3.8, 4) is 17.6 Å². The summed E-state index contributed by atoms with van der Waals surface area (Å²) in [6.07, 6.45) is -4.95. The maximum absolute atomic E-state index is 13.2. The molecule has 4 nitrogen and oxygen atoms in total. The summed E-state index contributed by atoms with van der Waals surface area (Å²) in [7, 11) is 0. The molecule has 0 aliphatic heterocycles. The Bertz CT molecular complexity index is 538. The molecule has 0 bridgehead atoms. The lowest BCUT2D eigenvalue weighted by atomic mass is 10.2. The molecule has 94 valence electrons. The van der Waals surface area contributed by atoms with Gasteiger partial charge in [-0.25, -0.2) is 4.39 Å². The minimum absolute atomic E-state index is 0.112. The highest BCUT2D eigenvalue weighted by Crippen LogP contribution is 2.25. The number of nitrogens with zero attached hydrogens (tertiary/aromatic N) is 3. The van der Waals surface area contributed by atoms with E-state index in [1.54, 1.807) is 0 Å². The molecule has 0 saturated carbocycles. The molecule has 0 saturated heterocycles. The fourth-order valence-corrected chi connectivity index (χ4v) is 0.995. The number of halogens is 4. The Morgan fingerprint density at radius 3 is 2.67 bits per heavy atom. The van der Waals surface area contributed by atoms with Crippen LogP contribution in [0.3, 0.4) is 0 Å². The summed E-state index contributed by atoms with van der Waals surface area (Å²) in [4.78, 5) is 2.44. The van der Waals surface area contributed by atoms with Gasteiger partial charge >= 0.3 is 6.36 Å². The molecule has 0 spiro atoms. The van der Waals surface area contributed by atoms with Gasteiger partial charge in [-0.1, -0.05) is 17.0 Å². The molecular weight excluding hydrogens is 254 g/mol. The lowest BCUT2D eigenvalue weighted by Crippen LogP contribution is -2.17. The first-order valence-electron chi connectivity index (χ1n) is 4.47. The number of azide groups is 1. The van der Waals surface area contributed by atoms with E-state index < -0.39 is 17.9 Å². The number of benzene rings is 1. The predicted octanol–water partition coefficient (Wildman–Crippen LogP) is 3.39. The molecule has 1 rings (SSSR count). The highest BCUT2D eigenvalue weighted by atomic mass is 19.4. The number of ether oxygens (including phenoxy) is 1. The van der Waals surface area contributed by atoms with E-state index in [-0.39, 0.29) is 12.1 Å². The molecule has 8 heteroatoms. The lowest BCUT2D eigenvalue weighted by Gasteiger charge is -2.09. The Kier molecular flexibility index (Phi) is 4.40. The molecule has 0 radical (unpaired) electrons. The van der Waals surface area contributed by atoms with Crippen LogP contribution in [0, 0.1) is 17.7 Å². The molecule has 0 fully saturated rings. The molecule has 18 heavy (non-hydrogen) atoms. The Balaban J connectivity index is 2.84. The largest absolute Gasteiger partial charge is 0.573 e. The van der Waals surface area contributed by atoms with Crippen molar-refractivity contribution in [3.05, 3.63) is 40.0 Å². The average Bonchev–Trinajstić information content (AvgIpc) is 2.26. The lowest BCUT2D eigenvalue weighted by molar-refractivity contribution is -0.275. The first-order valence-corrected chi connectivity index (χ1v) is 4.47. The van der Waals surface area contributed by atoms with E-state index in [0.717, 1.165) is 18.2 Å². The molecule has 0 heterocycles. The van der Waals surface area contributed by atoms with Crippen LogP contribution >= 0.6 is 0 Å². The molecule has 0 amide bonds. The molecule has 0 aliphatic rings. The third-order valence-electron chi connectivity index (χ3n) is 1.60. The van der Waals surface area contributed by atoms with E-state index in [4.69, 9.17) is 5.53 Å². The summed E-state index contributed by atoms with van der Waals surface area (Å²) < 4.78 is 52.2. The standard InChI is InChI=1S/C10H5F4N3O/c11-8-6-7(2-1-5-16-17-15)3-4-9(8)18-10(12,13)14/h3-4,6H,5H2. The van der Waals surface area contributed by atoms with Crippen LogP contribution in [0.2, 0.25) is 0 Å². The van der Waals surface area contributed by atoms with Gasteiger partial charge in [0.05, 0.1) is 6.54 Å². The summed E-state index contributed by atoms with van der Waals surface area (Å²) in [5, 5.41) is 3.12.